The summed E-state index contributed by atoms with van der Waals surface area (Å²) in [5.41, 5.74) is 2.97. The molecule has 1 heterocycles. The van der Waals surface area contributed by atoms with Crippen molar-refractivity contribution in [2.75, 3.05) is 49.5 Å². The zero-order chi connectivity index (χ0) is 19.9. The Morgan fingerprint density at radius 2 is 1.79 bits per heavy atom. The normalized spacial score (nSPS) is 14.8. The van der Waals surface area contributed by atoms with E-state index in [0.29, 0.717) is 10.8 Å². The molecule has 0 atom stereocenters. The third-order valence-electron chi connectivity index (χ3n) is 5.09. The second-order valence-corrected chi connectivity index (χ2v) is 7.35. The number of likely N-dealkylation sites (N-methyl/N-ethyl adjacent to an activating group) is 1. The molecule has 0 spiro atoms. The Morgan fingerprint density at radius 1 is 1.07 bits per heavy atom. The third-order valence-corrected chi connectivity index (χ3v) is 5.33. The monoisotopic (exact) mass is 401 g/mol. The van der Waals surface area contributed by atoms with Gasteiger partial charge in [-0.2, -0.15) is 0 Å². The van der Waals surface area contributed by atoms with Crippen LogP contribution in [0.15, 0.2) is 42.5 Å². The standard InChI is InChI=1S/C22H28ClN3O2/c1-3-17-5-8-19(9-6-17)28-16-22(27)24-20-15-18(23)7-10-21(20)26-13-11-25(4-2)12-14-26/h5-10,15H,3-4,11-14,16H2,1-2H3,(H,24,27). The van der Waals surface area contributed by atoms with Crippen LogP contribution >= 0.6 is 11.6 Å². The van der Waals surface area contributed by atoms with Crippen LogP contribution in [0.2, 0.25) is 5.02 Å². The number of rotatable bonds is 7. The number of carbonyl (C=O) groups is 1. The van der Waals surface area contributed by atoms with Crippen LogP contribution in [0.25, 0.3) is 0 Å². The van der Waals surface area contributed by atoms with Gasteiger partial charge < -0.3 is 19.9 Å². The van der Waals surface area contributed by atoms with E-state index in [9.17, 15) is 4.79 Å². The first-order chi connectivity index (χ1) is 13.6. The number of piperazine rings is 1. The van der Waals surface area contributed by atoms with Gasteiger partial charge in [-0.25, -0.2) is 0 Å². The number of nitrogens with zero attached hydrogens (tertiary/aromatic N) is 2. The molecule has 0 unspecified atom stereocenters. The van der Waals surface area contributed by atoms with Gasteiger partial charge in [-0.3, -0.25) is 4.79 Å². The largest absolute Gasteiger partial charge is 0.484 e. The molecular weight excluding hydrogens is 374 g/mol. The lowest BCUT2D eigenvalue weighted by Crippen LogP contribution is -2.46. The molecule has 1 fully saturated rings. The van der Waals surface area contributed by atoms with Gasteiger partial charge in [0.15, 0.2) is 6.61 Å². The molecule has 1 amide bonds. The van der Waals surface area contributed by atoms with E-state index in [1.54, 1.807) is 6.07 Å². The Labute approximate surface area is 172 Å². The van der Waals surface area contributed by atoms with Crippen molar-refractivity contribution in [3.63, 3.8) is 0 Å². The van der Waals surface area contributed by atoms with Crippen molar-refractivity contribution in [2.24, 2.45) is 0 Å². The number of carbonyl (C=O) groups excluding carboxylic acids is 1. The summed E-state index contributed by atoms with van der Waals surface area (Å²) in [6.07, 6.45) is 0.977. The van der Waals surface area contributed by atoms with Crippen LogP contribution < -0.4 is 15.0 Å². The summed E-state index contributed by atoms with van der Waals surface area (Å²) in [6.45, 7) is 9.20. The van der Waals surface area contributed by atoms with E-state index in [1.165, 1.54) is 5.56 Å². The number of ether oxygens (including phenoxy) is 1. The van der Waals surface area contributed by atoms with Crippen LogP contribution in [0.3, 0.4) is 0 Å². The molecule has 0 saturated carbocycles. The minimum atomic E-state index is -0.199. The summed E-state index contributed by atoms with van der Waals surface area (Å²) < 4.78 is 5.62. The molecule has 28 heavy (non-hydrogen) atoms. The minimum Gasteiger partial charge on any atom is -0.484 e. The number of halogens is 1. The molecule has 1 aliphatic rings. The Hall–Kier alpha value is -2.24. The van der Waals surface area contributed by atoms with Gasteiger partial charge in [-0.05, 0) is 48.9 Å². The van der Waals surface area contributed by atoms with Crippen molar-refractivity contribution >= 4 is 28.9 Å². The third kappa shape index (κ3) is 5.40. The van der Waals surface area contributed by atoms with E-state index in [2.05, 4.69) is 29.0 Å². The highest BCUT2D eigenvalue weighted by Crippen LogP contribution is 2.30. The highest BCUT2D eigenvalue weighted by molar-refractivity contribution is 6.31. The van der Waals surface area contributed by atoms with Gasteiger partial charge in [0, 0.05) is 31.2 Å². The molecule has 1 aliphatic heterocycles. The van der Waals surface area contributed by atoms with Crippen LogP contribution in [-0.2, 0) is 11.2 Å². The van der Waals surface area contributed by atoms with Crippen LogP contribution in [0, 0.1) is 0 Å². The van der Waals surface area contributed by atoms with Crippen molar-refractivity contribution in [3.8, 4) is 5.75 Å². The number of benzene rings is 2. The Bertz CT molecular complexity index is 787. The van der Waals surface area contributed by atoms with Crippen LogP contribution in [-0.4, -0.2) is 50.1 Å². The zero-order valence-electron chi connectivity index (χ0n) is 16.6. The van der Waals surface area contributed by atoms with Gasteiger partial charge in [0.1, 0.15) is 5.75 Å². The second-order valence-electron chi connectivity index (χ2n) is 6.92. The fourth-order valence-corrected chi connectivity index (χ4v) is 3.52. The number of hydrogen-bond acceptors (Lipinski definition) is 4. The van der Waals surface area contributed by atoms with Gasteiger partial charge >= 0.3 is 0 Å². The number of aryl methyl sites for hydroxylation is 1. The average molecular weight is 402 g/mol. The minimum absolute atomic E-state index is 0.0406. The molecule has 0 bridgehead atoms. The first-order valence-corrected chi connectivity index (χ1v) is 10.2. The van der Waals surface area contributed by atoms with E-state index in [0.717, 1.165) is 50.5 Å². The summed E-state index contributed by atoms with van der Waals surface area (Å²) in [5.74, 6) is 0.490. The maximum absolute atomic E-state index is 12.4. The molecule has 2 aromatic rings. The number of nitrogens with one attached hydrogen (secondary N) is 1. The first-order valence-electron chi connectivity index (χ1n) is 9.87. The lowest BCUT2D eigenvalue weighted by Gasteiger charge is -2.36. The van der Waals surface area contributed by atoms with E-state index < -0.39 is 0 Å². The van der Waals surface area contributed by atoms with E-state index >= 15 is 0 Å². The summed E-state index contributed by atoms with van der Waals surface area (Å²) in [7, 11) is 0. The van der Waals surface area contributed by atoms with Gasteiger partial charge in [0.05, 0.1) is 11.4 Å². The molecule has 6 heteroatoms. The fourth-order valence-electron chi connectivity index (χ4n) is 3.35. The number of hydrogen-bond donors (Lipinski definition) is 1. The molecule has 2 aromatic carbocycles. The van der Waals surface area contributed by atoms with Gasteiger partial charge in [0.25, 0.3) is 5.91 Å². The van der Waals surface area contributed by atoms with Gasteiger partial charge in [-0.1, -0.05) is 37.6 Å². The summed E-state index contributed by atoms with van der Waals surface area (Å²) in [5, 5.41) is 3.56. The molecule has 0 aromatic heterocycles. The van der Waals surface area contributed by atoms with E-state index in [-0.39, 0.29) is 12.5 Å². The van der Waals surface area contributed by atoms with Crippen LogP contribution in [0.4, 0.5) is 11.4 Å². The Balaban J connectivity index is 1.62. The topological polar surface area (TPSA) is 44.8 Å². The SMILES string of the molecule is CCc1ccc(OCC(=O)Nc2cc(Cl)ccc2N2CCN(CC)CC2)cc1. The lowest BCUT2D eigenvalue weighted by atomic mass is 10.2. The van der Waals surface area contributed by atoms with Crippen molar-refractivity contribution in [3.05, 3.63) is 53.1 Å². The maximum Gasteiger partial charge on any atom is 0.262 e. The molecule has 1 saturated heterocycles. The van der Waals surface area contributed by atoms with Crippen LogP contribution in [0.1, 0.15) is 19.4 Å². The summed E-state index contributed by atoms with van der Waals surface area (Å²) in [4.78, 5) is 17.2. The molecule has 0 aliphatic carbocycles. The number of anilines is 2. The molecule has 0 radical (unpaired) electrons. The van der Waals surface area contributed by atoms with Crippen molar-refractivity contribution < 1.29 is 9.53 Å². The predicted octanol–water partition coefficient (Wildman–Crippen LogP) is 4.06. The smallest absolute Gasteiger partial charge is 0.262 e. The summed E-state index contributed by atoms with van der Waals surface area (Å²) >= 11 is 6.18. The van der Waals surface area contributed by atoms with E-state index in [4.69, 9.17) is 16.3 Å². The lowest BCUT2D eigenvalue weighted by molar-refractivity contribution is -0.118. The molecule has 1 N–H and O–H groups in total. The van der Waals surface area contributed by atoms with Gasteiger partial charge in [0.2, 0.25) is 0 Å². The Morgan fingerprint density at radius 3 is 2.43 bits per heavy atom. The molecule has 5 nitrogen and oxygen atoms in total. The zero-order valence-corrected chi connectivity index (χ0v) is 17.3. The van der Waals surface area contributed by atoms with Crippen molar-refractivity contribution in [1.82, 2.24) is 4.90 Å². The highest BCUT2D eigenvalue weighted by Gasteiger charge is 2.19. The number of amides is 1. The highest BCUT2D eigenvalue weighted by atomic mass is 35.5. The van der Waals surface area contributed by atoms with E-state index in [1.807, 2.05) is 36.4 Å². The summed E-state index contributed by atoms with van der Waals surface area (Å²) in [6, 6.07) is 13.5. The molecular formula is C22H28ClN3O2. The van der Waals surface area contributed by atoms with Crippen molar-refractivity contribution in [2.45, 2.75) is 20.3 Å². The molecule has 3 rings (SSSR count). The second kappa shape index (κ2) is 9.80. The average Bonchev–Trinajstić information content (AvgIpc) is 2.73. The predicted molar refractivity (Wildman–Crippen MR) is 116 cm³/mol. The quantitative estimate of drug-likeness (QED) is 0.759. The molecule has 150 valence electrons. The fraction of sp³-hybridized carbons (Fsp3) is 0.409. The van der Waals surface area contributed by atoms with Crippen molar-refractivity contribution in [1.29, 1.82) is 0 Å². The first kappa shape index (κ1) is 20.5. The maximum atomic E-state index is 12.4. The Kier molecular flexibility index (Phi) is 7.18. The van der Waals surface area contributed by atoms with Crippen LogP contribution in [0.5, 0.6) is 5.75 Å². The van der Waals surface area contributed by atoms with Gasteiger partial charge in [-0.15, -0.1) is 0 Å².